The Kier molecular flexibility index (Phi) is 3.25. The number of carboxylic acids is 1. The quantitative estimate of drug-likeness (QED) is 0.770. The van der Waals surface area contributed by atoms with Crippen LogP contribution in [0.15, 0.2) is 5.38 Å². The maximum absolute atomic E-state index is 10.4. The van der Waals surface area contributed by atoms with E-state index < -0.39 is 5.97 Å². The number of hydrogen-bond donors (Lipinski definition) is 1. The summed E-state index contributed by atoms with van der Waals surface area (Å²) in [5, 5.41) is 15.5. The van der Waals surface area contributed by atoms with E-state index in [2.05, 4.69) is 24.1 Å². The van der Waals surface area contributed by atoms with Crippen LogP contribution in [-0.2, 0) is 0 Å². The molecule has 1 aromatic heterocycles. The highest BCUT2D eigenvalue weighted by Crippen LogP contribution is 2.14. The van der Waals surface area contributed by atoms with Crippen molar-refractivity contribution in [1.29, 1.82) is 0 Å². The maximum Gasteiger partial charge on any atom is 0.183 e. The molecule has 0 aromatic carbocycles. The van der Waals surface area contributed by atoms with E-state index in [-0.39, 0.29) is 5.69 Å². The summed E-state index contributed by atoms with van der Waals surface area (Å²) in [7, 11) is 0. The number of anilines is 1. The number of rotatable bonds is 4. The minimum Gasteiger partial charge on any atom is -0.543 e. The van der Waals surface area contributed by atoms with Crippen LogP contribution in [-0.4, -0.2) is 17.5 Å². The molecule has 0 bridgehead atoms. The van der Waals surface area contributed by atoms with Crippen molar-refractivity contribution < 1.29 is 9.90 Å². The summed E-state index contributed by atoms with van der Waals surface area (Å²) in [4.78, 5) is 14.2. The fourth-order valence-electron chi connectivity index (χ4n) is 0.740. The Bertz CT molecular complexity index is 296. The fourth-order valence-corrected chi connectivity index (χ4v) is 1.43. The zero-order chi connectivity index (χ0) is 9.84. The smallest absolute Gasteiger partial charge is 0.183 e. The van der Waals surface area contributed by atoms with Gasteiger partial charge < -0.3 is 15.2 Å². The number of carbonyl (C=O) groups excluding carboxylic acids is 1. The molecule has 0 aliphatic rings. The lowest BCUT2D eigenvalue weighted by atomic mass is 10.2. The van der Waals surface area contributed by atoms with Gasteiger partial charge in [-0.25, -0.2) is 4.98 Å². The lowest BCUT2D eigenvalue weighted by Gasteiger charge is -2.04. The predicted molar refractivity (Wildman–Crippen MR) is 49.8 cm³/mol. The molecule has 0 unspecified atom stereocenters. The van der Waals surface area contributed by atoms with Crippen LogP contribution in [0.3, 0.4) is 0 Å². The summed E-state index contributed by atoms with van der Waals surface area (Å²) in [6.07, 6.45) is 0. The molecule has 0 amide bonds. The Morgan fingerprint density at radius 1 is 1.77 bits per heavy atom. The van der Waals surface area contributed by atoms with Gasteiger partial charge in [-0.3, -0.25) is 0 Å². The van der Waals surface area contributed by atoms with Crippen LogP contribution in [0.5, 0.6) is 0 Å². The van der Waals surface area contributed by atoms with Crippen molar-refractivity contribution in [2.45, 2.75) is 13.8 Å². The third kappa shape index (κ3) is 3.02. The van der Waals surface area contributed by atoms with Gasteiger partial charge in [0.2, 0.25) is 0 Å². The summed E-state index contributed by atoms with van der Waals surface area (Å²) in [6, 6.07) is 0. The third-order valence-electron chi connectivity index (χ3n) is 1.37. The summed E-state index contributed by atoms with van der Waals surface area (Å²) < 4.78 is 0. The number of nitrogens with zero attached hydrogens (tertiary/aromatic N) is 1. The van der Waals surface area contributed by atoms with Gasteiger partial charge in [0.25, 0.3) is 0 Å². The second-order valence-electron chi connectivity index (χ2n) is 3.10. The molecule has 0 spiro atoms. The number of aromatic nitrogens is 1. The molecule has 0 aliphatic heterocycles. The Labute approximate surface area is 80.6 Å². The highest BCUT2D eigenvalue weighted by molar-refractivity contribution is 7.13. The van der Waals surface area contributed by atoms with Crippen LogP contribution in [0.1, 0.15) is 24.3 Å². The summed E-state index contributed by atoms with van der Waals surface area (Å²) in [5.41, 5.74) is -0.00347. The van der Waals surface area contributed by atoms with Crippen molar-refractivity contribution in [3.8, 4) is 0 Å². The zero-order valence-corrected chi connectivity index (χ0v) is 8.35. The highest BCUT2D eigenvalue weighted by atomic mass is 32.1. The average Bonchev–Trinajstić information content (AvgIpc) is 2.48. The van der Waals surface area contributed by atoms with Crippen LogP contribution in [0.4, 0.5) is 5.13 Å². The van der Waals surface area contributed by atoms with E-state index in [1.54, 1.807) is 0 Å². The number of thiazole rings is 1. The molecular formula is C8H11N2O2S-. The van der Waals surface area contributed by atoms with E-state index in [0.717, 1.165) is 6.54 Å². The molecule has 0 radical (unpaired) electrons. The van der Waals surface area contributed by atoms with Gasteiger partial charge in [0, 0.05) is 11.9 Å². The maximum atomic E-state index is 10.4. The molecule has 1 heterocycles. The van der Waals surface area contributed by atoms with Crippen LogP contribution in [0, 0.1) is 5.92 Å². The SMILES string of the molecule is CC(C)CNc1nc(C(=O)[O-])cs1. The standard InChI is InChI=1S/C8H12N2O2S/c1-5(2)3-9-8-10-6(4-13-8)7(11)12/h4-5H,3H2,1-2H3,(H,9,10)(H,11,12)/p-1. The van der Waals surface area contributed by atoms with Crippen molar-refractivity contribution in [3.63, 3.8) is 0 Å². The summed E-state index contributed by atoms with van der Waals surface area (Å²) in [6.45, 7) is 4.93. The topological polar surface area (TPSA) is 65.0 Å². The Morgan fingerprint density at radius 3 is 2.92 bits per heavy atom. The molecule has 0 atom stereocenters. The molecule has 1 N–H and O–H groups in total. The average molecular weight is 199 g/mol. The van der Waals surface area contributed by atoms with Gasteiger partial charge in [0.05, 0.1) is 11.7 Å². The second kappa shape index (κ2) is 4.23. The van der Waals surface area contributed by atoms with Crippen molar-refractivity contribution in [2.24, 2.45) is 5.92 Å². The lowest BCUT2D eigenvalue weighted by molar-refractivity contribution is -0.255. The number of aromatic carboxylic acids is 1. The Balaban J connectivity index is 2.54. The number of hydrogen-bond acceptors (Lipinski definition) is 5. The van der Waals surface area contributed by atoms with Crippen molar-refractivity contribution >= 4 is 22.4 Å². The van der Waals surface area contributed by atoms with Gasteiger partial charge >= 0.3 is 0 Å². The zero-order valence-electron chi connectivity index (χ0n) is 7.53. The molecule has 1 rings (SSSR count). The molecule has 0 saturated heterocycles. The van der Waals surface area contributed by atoms with Crippen LogP contribution in [0.2, 0.25) is 0 Å². The van der Waals surface area contributed by atoms with Crippen molar-refractivity contribution in [3.05, 3.63) is 11.1 Å². The van der Waals surface area contributed by atoms with E-state index in [0.29, 0.717) is 11.0 Å². The van der Waals surface area contributed by atoms with E-state index >= 15 is 0 Å². The first-order valence-corrected chi connectivity index (χ1v) is 4.88. The van der Waals surface area contributed by atoms with E-state index in [1.807, 2.05) is 0 Å². The minimum absolute atomic E-state index is 0.00347. The molecular weight excluding hydrogens is 188 g/mol. The summed E-state index contributed by atoms with van der Waals surface area (Å²) >= 11 is 1.28. The molecule has 5 heteroatoms. The van der Waals surface area contributed by atoms with Gasteiger partial charge in [-0.2, -0.15) is 0 Å². The molecule has 0 aliphatic carbocycles. The van der Waals surface area contributed by atoms with E-state index in [1.165, 1.54) is 16.7 Å². The predicted octanol–water partition coefficient (Wildman–Crippen LogP) is 0.574. The monoisotopic (exact) mass is 199 g/mol. The first kappa shape index (κ1) is 9.98. The van der Waals surface area contributed by atoms with Crippen LogP contribution >= 0.6 is 11.3 Å². The Hall–Kier alpha value is -1.10. The molecule has 0 fully saturated rings. The second-order valence-corrected chi connectivity index (χ2v) is 3.96. The molecule has 13 heavy (non-hydrogen) atoms. The first-order valence-electron chi connectivity index (χ1n) is 4.00. The van der Waals surface area contributed by atoms with Crippen LogP contribution < -0.4 is 10.4 Å². The van der Waals surface area contributed by atoms with Crippen LogP contribution in [0.25, 0.3) is 0 Å². The number of carboxylic acid groups (broad SMARTS) is 1. The van der Waals surface area contributed by atoms with E-state index in [9.17, 15) is 9.90 Å². The minimum atomic E-state index is -1.23. The van der Waals surface area contributed by atoms with Gasteiger partial charge in [-0.1, -0.05) is 13.8 Å². The van der Waals surface area contributed by atoms with Gasteiger partial charge in [0.15, 0.2) is 5.13 Å². The number of carbonyl (C=O) groups is 1. The molecule has 4 nitrogen and oxygen atoms in total. The fraction of sp³-hybridized carbons (Fsp3) is 0.500. The van der Waals surface area contributed by atoms with Gasteiger partial charge in [-0.05, 0) is 5.92 Å². The van der Waals surface area contributed by atoms with Gasteiger partial charge in [0.1, 0.15) is 0 Å². The third-order valence-corrected chi connectivity index (χ3v) is 2.17. The number of nitrogens with one attached hydrogen (secondary N) is 1. The molecule has 0 saturated carbocycles. The van der Waals surface area contributed by atoms with E-state index in [4.69, 9.17) is 0 Å². The van der Waals surface area contributed by atoms with Crippen molar-refractivity contribution in [1.82, 2.24) is 4.98 Å². The normalized spacial score (nSPS) is 10.4. The van der Waals surface area contributed by atoms with Gasteiger partial charge in [-0.15, -0.1) is 11.3 Å². The molecule has 1 aromatic rings. The largest absolute Gasteiger partial charge is 0.543 e. The lowest BCUT2D eigenvalue weighted by Crippen LogP contribution is -2.22. The first-order chi connectivity index (χ1) is 6.09. The summed E-state index contributed by atoms with van der Waals surface area (Å²) in [5.74, 6) is -0.718. The Morgan fingerprint density at radius 2 is 2.46 bits per heavy atom. The molecule has 72 valence electrons. The highest BCUT2D eigenvalue weighted by Gasteiger charge is 2.02. The van der Waals surface area contributed by atoms with Crippen molar-refractivity contribution in [2.75, 3.05) is 11.9 Å².